The monoisotopic (exact) mass is 437 g/mol. The molecular formula is C24H27N3O3S. The van der Waals surface area contributed by atoms with E-state index in [1.807, 2.05) is 18.2 Å². The summed E-state index contributed by atoms with van der Waals surface area (Å²) in [4.78, 5) is 18.9. The van der Waals surface area contributed by atoms with Gasteiger partial charge in [0.15, 0.2) is 0 Å². The van der Waals surface area contributed by atoms with Crippen LogP contribution in [-0.4, -0.2) is 25.1 Å². The van der Waals surface area contributed by atoms with Crippen LogP contribution in [0.5, 0.6) is 11.5 Å². The van der Waals surface area contributed by atoms with Gasteiger partial charge in [-0.2, -0.15) is 0 Å². The molecule has 0 saturated heterocycles. The van der Waals surface area contributed by atoms with Crippen LogP contribution in [0.15, 0.2) is 42.7 Å². The van der Waals surface area contributed by atoms with Gasteiger partial charge in [0.05, 0.1) is 25.5 Å². The topological polar surface area (TPSA) is 72.5 Å². The third-order valence-electron chi connectivity index (χ3n) is 5.60. The number of nitrogens with zero attached hydrogens (tertiary/aromatic N) is 1. The normalized spacial score (nSPS) is 15.1. The minimum absolute atomic E-state index is 0.129. The van der Waals surface area contributed by atoms with Crippen molar-refractivity contribution in [3.05, 3.63) is 64.3 Å². The molecule has 1 aliphatic rings. The predicted octanol–water partition coefficient (Wildman–Crippen LogP) is 5.15. The Balaban J connectivity index is 1.65. The zero-order valence-corrected chi connectivity index (χ0v) is 18.8. The van der Waals surface area contributed by atoms with Crippen molar-refractivity contribution in [2.45, 2.75) is 32.7 Å². The van der Waals surface area contributed by atoms with Gasteiger partial charge in [0.25, 0.3) is 5.91 Å². The lowest BCUT2D eigenvalue weighted by molar-refractivity contribution is 0.102. The zero-order chi connectivity index (χ0) is 21.8. The molecule has 1 atom stereocenters. The van der Waals surface area contributed by atoms with E-state index in [1.165, 1.54) is 10.4 Å². The molecule has 0 saturated carbocycles. The number of carbonyl (C=O) groups excluding carboxylic acids is 1. The molecule has 7 heteroatoms. The van der Waals surface area contributed by atoms with E-state index in [2.05, 4.69) is 22.5 Å². The number of hydrogen-bond acceptors (Lipinski definition) is 6. The fourth-order valence-corrected chi connectivity index (χ4v) is 5.30. The van der Waals surface area contributed by atoms with Crippen molar-refractivity contribution in [3.8, 4) is 11.5 Å². The van der Waals surface area contributed by atoms with E-state index in [0.717, 1.165) is 35.4 Å². The molecule has 1 amide bonds. The number of anilines is 2. The van der Waals surface area contributed by atoms with Crippen LogP contribution < -0.4 is 20.1 Å². The fraction of sp³-hybridized carbons (Fsp3) is 0.333. The molecule has 6 nitrogen and oxygen atoms in total. The quantitative estimate of drug-likeness (QED) is 0.535. The number of nitrogens with one attached hydrogen (secondary N) is 2. The van der Waals surface area contributed by atoms with Crippen molar-refractivity contribution in [2.75, 3.05) is 24.9 Å². The van der Waals surface area contributed by atoms with Crippen molar-refractivity contribution in [1.29, 1.82) is 0 Å². The van der Waals surface area contributed by atoms with E-state index < -0.39 is 0 Å². The van der Waals surface area contributed by atoms with Crippen LogP contribution in [0.4, 0.5) is 10.7 Å². The van der Waals surface area contributed by atoms with Crippen LogP contribution in [0.1, 0.15) is 39.7 Å². The number of methoxy groups -OCH3 is 2. The van der Waals surface area contributed by atoms with Crippen LogP contribution in [0, 0.1) is 5.92 Å². The van der Waals surface area contributed by atoms with E-state index in [9.17, 15) is 4.79 Å². The molecule has 2 N–H and O–H groups in total. The maximum absolute atomic E-state index is 13.5. The van der Waals surface area contributed by atoms with Crippen molar-refractivity contribution < 1.29 is 14.3 Å². The van der Waals surface area contributed by atoms with Gasteiger partial charge in [-0.15, -0.1) is 11.3 Å². The molecule has 1 aromatic carbocycles. The lowest BCUT2D eigenvalue weighted by atomic mass is 9.88. The molecule has 0 radical (unpaired) electrons. The number of fused-ring (bicyclic) bond motifs is 1. The predicted molar refractivity (Wildman–Crippen MR) is 125 cm³/mol. The lowest BCUT2D eigenvalue weighted by Crippen LogP contribution is -2.18. The Labute approximate surface area is 186 Å². The zero-order valence-electron chi connectivity index (χ0n) is 18.0. The number of amides is 1. The Morgan fingerprint density at radius 2 is 2.00 bits per heavy atom. The van der Waals surface area contributed by atoms with Crippen molar-refractivity contribution in [2.24, 2.45) is 5.92 Å². The summed E-state index contributed by atoms with van der Waals surface area (Å²) < 4.78 is 10.8. The van der Waals surface area contributed by atoms with Crippen molar-refractivity contribution in [3.63, 3.8) is 0 Å². The second kappa shape index (κ2) is 9.39. The van der Waals surface area contributed by atoms with Gasteiger partial charge in [0.2, 0.25) is 0 Å². The highest BCUT2D eigenvalue weighted by Gasteiger charge is 2.28. The second-order valence-electron chi connectivity index (χ2n) is 7.79. The molecule has 162 valence electrons. The first kappa shape index (κ1) is 21.2. The van der Waals surface area contributed by atoms with E-state index in [4.69, 9.17) is 9.47 Å². The first-order chi connectivity index (χ1) is 15.1. The third kappa shape index (κ3) is 4.66. The number of hydrogen-bond donors (Lipinski definition) is 2. The minimum atomic E-state index is -0.129. The summed E-state index contributed by atoms with van der Waals surface area (Å²) in [6.45, 7) is 2.91. The molecule has 2 heterocycles. The van der Waals surface area contributed by atoms with Gasteiger partial charge < -0.3 is 20.1 Å². The first-order valence-electron chi connectivity index (χ1n) is 10.4. The van der Waals surface area contributed by atoms with Gasteiger partial charge in [-0.1, -0.05) is 6.92 Å². The maximum atomic E-state index is 13.5. The smallest absolute Gasteiger partial charge is 0.259 e. The van der Waals surface area contributed by atoms with Crippen LogP contribution in [0.2, 0.25) is 0 Å². The number of thiophene rings is 1. The van der Waals surface area contributed by atoms with Gasteiger partial charge in [-0.05, 0) is 60.6 Å². The van der Waals surface area contributed by atoms with Gasteiger partial charge in [0, 0.05) is 29.9 Å². The highest BCUT2D eigenvalue weighted by Crippen LogP contribution is 2.40. The van der Waals surface area contributed by atoms with Crippen molar-refractivity contribution >= 4 is 27.9 Å². The molecule has 3 aromatic rings. The molecule has 1 aliphatic carbocycles. The van der Waals surface area contributed by atoms with Crippen molar-refractivity contribution in [1.82, 2.24) is 4.98 Å². The summed E-state index contributed by atoms with van der Waals surface area (Å²) in [5.41, 5.74) is 3.62. The Hall–Kier alpha value is -3.06. The highest BCUT2D eigenvalue weighted by molar-refractivity contribution is 7.16. The van der Waals surface area contributed by atoms with Gasteiger partial charge in [0.1, 0.15) is 16.5 Å². The summed E-state index contributed by atoms with van der Waals surface area (Å²) in [6, 6.07) is 9.33. The highest BCUT2D eigenvalue weighted by atomic mass is 32.1. The lowest BCUT2D eigenvalue weighted by Gasteiger charge is -2.19. The van der Waals surface area contributed by atoms with Crippen LogP contribution in [-0.2, 0) is 19.4 Å². The number of aromatic nitrogens is 1. The number of rotatable bonds is 7. The Morgan fingerprint density at radius 1 is 1.19 bits per heavy atom. The van der Waals surface area contributed by atoms with Gasteiger partial charge in [-0.25, -0.2) is 0 Å². The summed E-state index contributed by atoms with van der Waals surface area (Å²) in [7, 11) is 3.19. The molecule has 2 aromatic heterocycles. The van der Waals surface area contributed by atoms with E-state index in [0.29, 0.717) is 29.6 Å². The van der Waals surface area contributed by atoms with E-state index in [1.54, 1.807) is 50.1 Å². The van der Waals surface area contributed by atoms with E-state index >= 15 is 0 Å². The number of pyridine rings is 1. The minimum Gasteiger partial charge on any atom is -0.497 e. The largest absolute Gasteiger partial charge is 0.497 e. The number of benzene rings is 1. The van der Waals surface area contributed by atoms with Crippen LogP contribution >= 0.6 is 11.3 Å². The average molecular weight is 438 g/mol. The van der Waals surface area contributed by atoms with Crippen LogP contribution in [0.25, 0.3) is 0 Å². The maximum Gasteiger partial charge on any atom is 0.259 e. The Bertz CT molecular complexity index is 1070. The molecule has 4 rings (SSSR count). The summed E-state index contributed by atoms with van der Waals surface area (Å²) in [5.74, 6) is 1.76. The molecule has 0 bridgehead atoms. The molecule has 1 unspecified atom stereocenters. The summed E-state index contributed by atoms with van der Waals surface area (Å²) >= 11 is 1.70. The summed E-state index contributed by atoms with van der Waals surface area (Å²) in [5, 5.41) is 7.46. The number of carbonyl (C=O) groups is 1. The fourth-order valence-electron chi connectivity index (χ4n) is 3.90. The Morgan fingerprint density at radius 3 is 2.74 bits per heavy atom. The molecule has 0 fully saturated rings. The number of ether oxygens (including phenoxy) is 2. The van der Waals surface area contributed by atoms with Gasteiger partial charge >= 0.3 is 0 Å². The summed E-state index contributed by atoms with van der Waals surface area (Å²) in [6.07, 6.45) is 6.58. The average Bonchev–Trinajstić information content (AvgIpc) is 3.15. The first-order valence-corrected chi connectivity index (χ1v) is 11.2. The van der Waals surface area contributed by atoms with E-state index in [-0.39, 0.29) is 5.91 Å². The van der Waals surface area contributed by atoms with Crippen LogP contribution in [0.3, 0.4) is 0 Å². The second-order valence-corrected chi connectivity index (χ2v) is 8.89. The SMILES string of the molecule is COc1ccc(OC)c(NC(=O)c2c(NCc3ccncc3)sc3c2CCC(C)C3)c1. The Kier molecular flexibility index (Phi) is 6.42. The molecule has 0 aliphatic heterocycles. The molecule has 0 spiro atoms. The standard InChI is InChI=1S/C24H27N3O3S/c1-15-4-6-18-21(12-15)31-24(26-14-16-8-10-25-11-9-16)22(18)23(28)27-19-13-17(29-2)5-7-20(19)30-3/h5,7-11,13,15,26H,4,6,12,14H2,1-3H3,(H,27,28). The molecule has 31 heavy (non-hydrogen) atoms. The third-order valence-corrected chi connectivity index (χ3v) is 6.81. The molecular weight excluding hydrogens is 410 g/mol. The van der Waals surface area contributed by atoms with Gasteiger partial charge in [-0.3, -0.25) is 9.78 Å².